The van der Waals surface area contributed by atoms with E-state index in [1.807, 2.05) is 0 Å². The van der Waals surface area contributed by atoms with Crippen LogP contribution in [0.4, 0.5) is 0 Å². The van der Waals surface area contributed by atoms with Crippen LogP contribution in [0.1, 0.15) is 41.0 Å². The third-order valence-electron chi connectivity index (χ3n) is 2.84. The van der Waals surface area contributed by atoms with Crippen LogP contribution in [0.2, 0.25) is 0 Å². The van der Waals surface area contributed by atoms with Gasteiger partial charge in [-0.25, -0.2) is 0 Å². The Labute approximate surface area is 82.7 Å². The molecule has 0 aromatic carbocycles. The molecular weight excluding hydrogens is 156 g/mol. The van der Waals surface area contributed by atoms with Gasteiger partial charge in [0, 0.05) is 0 Å². The van der Waals surface area contributed by atoms with E-state index >= 15 is 0 Å². The van der Waals surface area contributed by atoms with Crippen molar-refractivity contribution in [3.8, 4) is 0 Å². The maximum atomic E-state index is 2.35. The van der Waals surface area contributed by atoms with Crippen LogP contribution in [-0.2, 0) is 0 Å². The Balaban J connectivity index is 2.95. The van der Waals surface area contributed by atoms with Crippen LogP contribution in [0.15, 0.2) is 23.3 Å². The zero-order chi connectivity index (χ0) is 10.0. The van der Waals surface area contributed by atoms with Gasteiger partial charge in [-0.15, -0.1) is 0 Å². The molecule has 0 aromatic heterocycles. The van der Waals surface area contributed by atoms with Gasteiger partial charge in [0.2, 0.25) is 0 Å². The third kappa shape index (κ3) is 2.46. The predicted octanol–water partition coefficient (Wildman–Crippen LogP) is 4.19. The summed E-state index contributed by atoms with van der Waals surface area (Å²) in [5.74, 6) is 2.13. The highest BCUT2D eigenvalue weighted by Crippen LogP contribution is 2.32. The lowest BCUT2D eigenvalue weighted by atomic mass is 9.81. The first-order valence-electron chi connectivity index (χ1n) is 5.43. The van der Waals surface area contributed by atoms with E-state index in [1.165, 1.54) is 6.42 Å². The summed E-state index contributed by atoms with van der Waals surface area (Å²) in [6, 6.07) is 0. The molecule has 0 saturated carbocycles. The molecule has 0 fully saturated rings. The Hall–Kier alpha value is -0.520. The molecule has 0 aromatic rings. The molecule has 0 radical (unpaired) electrons. The normalized spacial score (nSPS) is 23.5. The molecule has 0 saturated heterocycles. The van der Waals surface area contributed by atoms with Crippen molar-refractivity contribution in [3.05, 3.63) is 23.3 Å². The zero-order valence-corrected chi connectivity index (χ0v) is 9.59. The second-order valence-electron chi connectivity index (χ2n) is 4.83. The molecule has 74 valence electrons. The van der Waals surface area contributed by atoms with Gasteiger partial charge in [0.05, 0.1) is 0 Å². The van der Waals surface area contributed by atoms with Gasteiger partial charge in [-0.05, 0) is 29.7 Å². The Morgan fingerprint density at radius 1 is 1.15 bits per heavy atom. The second-order valence-corrected chi connectivity index (χ2v) is 4.83. The topological polar surface area (TPSA) is 0 Å². The van der Waals surface area contributed by atoms with Gasteiger partial charge in [-0.2, -0.15) is 0 Å². The fourth-order valence-electron chi connectivity index (χ4n) is 2.04. The van der Waals surface area contributed by atoms with E-state index in [0.29, 0.717) is 11.8 Å². The molecular formula is C13H22. The molecule has 0 heterocycles. The van der Waals surface area contributed by atoms with E-state index in [4.69, 9.17) is 0 Å². The summed E-state index contributed by atoms with van der Waals surface area (Å²) in [4.78, 5) is 0. The van der Waals surface area contributed by atoms with Gasteiger partial charge in [0.25, 0.3) is 0 Å². The summed E-state index contributed by atoms with van der Waals surface area (Å²) in [5, 5.41) is 0. The molecule has 0 heteroatoms. The maximum absolute atomic E-state index is 2.35. The van der Waals surface area contributed by atoms with Crippen molar-refractivity contribution in [1.82, 2.24) is 0 Å². The summed E-state index contributed by atoms with van der Waals surface area (Å²) >= 11 is 0. The van der Waals surface area contributed by atoms with E-state index in [0.717, 1.165) is 5.92 Å². The summed E-state index contributed by atoms with van der Waals surface area (Å²) in [6.45, 7) is 11.5. The molecule has 1 atom stereocenters. The second kappa shape index (κ2) is 4.13. The SMILES string of the molecule is CC1C=CC(C(C)C)=C(C(C)C)C1. The van der Waals surface area contributed by atoms with E-state index < -0.39 is 0 Å². The fourth-order valence-corrected chi connectivity index (χ4v) is 2.04. The first-order chi connectivity index (χ1) is 6.02. The average Bonchev–Trinajstić information content (AvgIpc) is 2.03. The van der Waals surface area contributed by atoms with Crippen molar-refractivity contribution in [1.29, 1.82) is 0 Å². The monoisotopic (exact) mass is 178 g/mol. The minimum absolute atomic E-state index is 0.682. The molecule has 0 N–H and O–H groups in total. The minimum atomic E-state index is 0.682. The van der Waals surface area contributed by atoms with Crippen LogP contribution in [-0.4, -0.2) is 0 Å². The lowest BCUT2D eigenvalue weighted by Crippen LogP contribution is -2.10. The van der Waals surface area contributed by atoms with E-state index in [2.05, 4.69) is 46.8 Å². The number of rotatable bonds is 2. The van der Waals surface area contributed by atoms with Crippen molar-refractivity contribution in [2.75, 3.05) is 0 Å². The molecule has 0 nitrogen and oxygen atoms in total. The van der Waals surface area contributed by atoms with Crippen LogP contribution in [0.5, 0.6) is 0 Å². The molecule has 1 aliphatic carbocycles. The molecule has 1 aliphatic rings. The van der Waals surface area contributed by atoms with Gasteiger partial charge in [0.1, 0.15) is 0 Å². The standard InChI is InChI=1S/C13H22/c1-9(2)12-7-6-11(5)8-13(12)10(3)4/h6-7,9-11H,8H2,1-5H3. The largest absolute Gasteiger partial charge is 0.0811 e. The van der Waals surface area contributed by atoms with E-state index in [1.54, 1.807) is 11.1 Å². The van der Waals surface area contributed by atoms with E-state index in [-0.39, 0.29) is 0 Å². The first-order valence-corrected chi connectivity index (χ1v) is 5.43. The molecule has 0 aliphatic heterocycles. The fraction of sp³-hybridized carbons (Fsp3) is 0.692. The van der Waals surface area contributed by atoms with Crippen molar-refractivity contribution in [3.63, 3.8) is 0 Å². The number of hydrogen-bond acceptors (Lipinski definition) is 0. The Morgan fingerprint density at radius 3 is 2.23 bits per heavy atom. The molecule has 0 bridgehead atoms. The predicted molar refractivity (Wildman–Crippen MR) is 59.6 cm³/mol. The summed E-state index contributed by atoms with van der Waals surface area (Å²) in [6.07, 6.45) is 5.96. The van der Waals surface area contributed by atoms with Crippen molar-refractivity contribution in [2.24, 2.45) is 17.8 Å². The summed E-state index contributed by atoms with van der Waals surface area (Å²) in [5.41, 5.74) is 3.25. The zero-order valence-electron chi connectivity index (χ0n) is 9.59. The molecule has 13 heavy (non-hydrogen) atoms. The van der Waals surface area contributed by atoms with Crippen molar-refractivity contribution < 1.29 is 0 Å². The highest BCUT2D eigenvalue weighted by atomic mass is 14.2. The Morgan fingerprint density at radius 2 is 1.77 bits per heavy atom. The van der Waals surface area contributed by atoms with Gasteiger partial charge < -0.3 is 0 Å². The van der Waals surface area contributed by atoms with Gasteiger partial charge >= 0.3 is 0 Å². The summed E-state index contributed by atoms with van der Waals surface area (Å²) < 4.78 is 0. The van der Waals surface area contributed by atoms with Crippen molar-refractivity contribution in [2.45, 2.75) is 41.0 Å². The van der Waals surface area contributed by atoms with Gasteiger partial charge in [-0.1, -0.05) is 52.3 Å². The Kier molecular flexibility index (Phi) is 3.35. The lowest BCUT2D eigenvalue weighted by Gasteiger charge is -2.25. The number of hydrogen-bond donors (Lipinski definition) is 0. The first kappa shape index (κ1) is 10.6. The van der Waals surface area contributed by atoms with Gasteiger partial charge in [-0.3, -0.25) is 0 Å². The Bertz CT molecular complexity index is 228. The molecule has 0 amide bonds. The van der Waals surface area contributed by atoms with Crippen LogP contribution in [0.3, 0.4) is 0 Å². The summed E-state index contributed by atoms with van der Waals surface area (Å²) in [7, 11) is 0. The molecule has 0 spiro atoms. The highest BCUT2D eigenvalue weighted by molar-refractivity contribution is 5.32. The lowest BCUT2D eigenvalue weighted by molar-refractivity contribution is 0.592. The van der Waals surface area contributed by atoms with Crippen LogP contribution >= 0.6 is 0 Å². The van der Waals surface area contributed by atoms with Crippen molar-refractivity contribution >= 4 is 0 Å². The molecule has 1 unspecified atom stereocenters. The minimum Gasteiger partial charge on any atom is -0.0811 e. The van der Waals surface area contributed by atoms with E-state index in [9.17, 15) is 0 Å². The quantitative estimate of drug-likeness (QED) is 0.594. The van der Waals surface area contributed by atoms with Crippen LogP contribution in [0.25, 0.3) is 0 Å². The average molecular weight is 178 g/mol. The third-order valence-corrected chi connectivity index (χ3v) is 2.84. The van der Waals surface area contributed by atoms with Gasteiger partial charge in [0.15, 0.2) is 0 Å². The molecule has 1 rings (SSSR count). The highest BCUT2D eigenvalue weighted by Gasteiger charge is 2.17. The van der Waals surface area contributed by atoms with Crippen LogP contribution in [0, 0.1) is 17.8 Å². The van der Waals surface area contributed by atoms with Crippen LogP contribution < -0.4 is 0 Å². The smallest absolute Gasteiger partial charge is 0.0219 e. The number of allylic oxidation sites excluding steroid dienone is 4. The maximum Gasteiger partial charge on any atom is -0.0219 e.